The van der Waals surface area contributed by atoms with Crippen molar-refractivity contribution in [1.82, 2.24) is 15.5 Å². The highest BCUT2D eigenvalue weighted by Gasteiger charge is 2.61. The maximum atomic E-state index is 13.1. The van der Waals surface area contributed by atoms with Gasteiger partial charge < -0.3 is 20.9 Å². The van der Waals surface area contributed by atoms with E-state index in [0.717, 1.165) is 23.6 Å². The second-order valence-electron chi connectivity index (χ2n) is 7.97. The first-order valence-corrected chi connectivity index (χ1v) is 11.5. The molecular weight excluding hydrogens is 384 g/mol. The number of nitrogens with one attached hydrogen (secondary N) is 3. The molecule has 3 unspecified atom stereocenters. The Morgan fingerprint density at radius 1 is 1.17 bits per heavy atom. The molecule has 1 aromatic rings. The van der Waals surface area contributed by atoms with Crippen LogP contribution in [-0.2, 0) is 9.59 Å². The fourth-order valence-electron chi connectivity index (χ4n) is 4.41. The Morgan fingerprint density at radius 3 is 2.55 bits per heavy atom. The lowest BCUT2D eigenvalue weighted by molar-refractivity contribution is -0.130. The summed E-state index contributed by atoms with van der Waals surface area (Å²) in [5.74, 6) is -0.0267. The number of carbonyl (C=O) groups excluding carboxylic acids is 2. The lowest BCUT2D eigenvalue weighted by Crippen LogP contribution is -2.43. The Hall–Kier alpha value is -2.15. The topological polar surface area (TPSA) is 73.5 Å². The molecule has 1 aliphatic heterocycles. The molecule has 0 bridgehead atoms. The van der Waals surface area contributed by atoms with E-state index < -0.39 is 0 Å². The molecule has 4 rings (SSSR count). The van der Waals surface area contributed by atoms with Crippen LogP contribution in [0.15, 0.2) is 41.1 Å². The number of para-hydroxylation sites is 1. The largest absolute Gasteiger partial charge is 0.382 e. The van der Waals surface area contributed by atoms with Crippen molar-refractivity contribution in [2.24, 2.45) is 5.92 Å². The maximum absolute atomic E-state index is 13.1. The number of fused-ring (bicyclic) bond motifs is 1. The third kappa shape index (κ3) is 4.10. The van der Waals surface area contributed by atoms with Crippen molar-refractivity contribution >= 4 is 29.3 Å². The highest BCUT2D eigenvalue weighted by molar-refractivity contribution is 8.04. The molecule has 0 radical (unpaired) electrons. The molecule has 1 aromatic carbocycles. The average molecular weight is 415 g/mol. The molecule has 1 heterocycles. The van der Waals surface area contributed by atoms with E-state index in [-0.39, 0.29) is 35.1 Å². The van der Waals surface area contributed by atoms with E-state index in [1.54, 1.807) is 23.7 Å². The van der Waals surface area contributed by atoms with E-state index in [4.69, 9.17) is 0 Å². The summed E-state index contributed by atoms with van der Waals surface area (Å²) in [4.78, 5) is 27.9. The van der Waals surface area contributed by atoms with Crippen molar-refractivity contribution in [2.75, 3.05) is 18.9 Å². The van der Waals surface area contributed by atoms with Crippen molar-refractivity contribution in [3.05, 3.63) is 41.1 Å². The zero-order valence-electron chi connectivity index (χ0n) is 17.1. The smallest absolute Gasteiger partial charge is 0.270 e. The molecule has 156 valence electrons. The first-order chi connectivity index (χ1) is 14.1. The molecule has 1 saturated heterocycles. The zero-order chi connectivity index (χ0) is 20.4. The summed E-state index contributed by atoms with van der Waals surface area (Å²) in [5.41, 5.74) is 1.54. The molecule has 0 spiro atoms. The van der Waals surface area contributed by atoms with E-state index in [1.165, 1.54) is 19.3 Å². The Bertz CT molecular complexity index is 791. The second kappa shape index (κ2) is 8.69. The van der Waals surface area contributed by atoms with E-state index in [0.29, 0.717) is 12.2 Å². The number of benzene rings is 1. The Balaban J connectivity index is 1.52. The minimum absolute atomic E-state index is 0.0385. The fraction of sp³-hybridized carbons (Fsp3) is 0.545. The van der Waals surface area contributed by atoms with Crippen LogP contribution >= 0.6 is 11.8 Å². The van der Waals surface area contributed by atoms with Gasteiger partial charge in [-0.1, -0.05) is 49.2 Å². The monoisotopic (exact) mass is 414 g/mol. The van der Waals surface area contributed by atoms with Gasteiger partial charge >= 0.3 is 0 Å². The van der Waals surface area contributed by atoms with Crippen LogP contribution in [0.25, 0.3) is 0 Å². The van der Waals surface area contributed by atoms with Gasteiger partial charge in [0.05, 0.1) is 12.0 Å². The third-order valence-corrected chi connectivity index (χ3v) is 7.56. The van der Waals surface area contributed by atoms with Crippen molar-refractivity contribution < 1.29 is 9.59 Å². The molecule has 2 saturated carbocycles. The highest BCUT2D eigenvalue weighted by Crippen LogP contribution is 2.53. The van der Waals surface area contributed by atoms with Gasteiger partial charge in [0, 0.05) is 30.6 Å². The quantitative estimate of drug-likeness (QED) is 0.624. The molecule has 2 amide bonds. The first kappa shape index (κ1) is 20.1. The van der Waals surface area contributed by atoms with E-state index in [9.17, 15) is 9.59 Å². The molecule has 3 atom stereocenters. The van der Waals surface area contributed by atoms with Crippen molar-refractivity contribution in [1.29, 1.82) is 0 Å². The number of amides is 2. The van der Waals surface area contributed by atoms with Gasteiger partial charge in [-0.15, -0.1) is 0 Å². The molecule has 29 heavy (non-hydrogen) atoms. The lowest BCUT2D eigenvalue weighted by atomic mass is 9.95. The summed E-state index contributed by atoms with van der Waals surface area (Å²) in [5, 5.41) is 10.7. The van der Waals surface area contributed by atoms with Gasteiger partial charge in [0.2, 0.25) is 5.91 Å². The summed E-state index contributed by atoms with van der Waals surface area (Å²) in [7, 11) is 1.76. The molecule has 3 fully saturated rings. The zero-order valence-corrected chi connectivity index (χ0v) is 17.9. The average Bonchev–Trinajstić information content (AvgIpc) is 3.43. The van der Waals surface area contributed by atoms with Gasteiger partial charge in [-0.3, -0.25) is 9.59 Å². The Kier molecular flexibility index (Phi) is 6.04. The molecule has 0 aromatic heterocycles. The predicted octanol–water partition coefficient (Wildman–Crippen LogP) is 2.90. The molecule has 7 heteroatoms. The van der Waals surface area contributed by atoms with Gasteiger partial charge in [0.1, 0.15) is 10.7 Å². The van der Waals surface area contributed by atoms with Crippen molar-refractivity contribution in [2.45, 2.75) is 56.4 Å². The minimum Gasteiger partial charge on any atom is -0.382 e. The molecule has 2 aliphatic carbocycles. The van der Waals surface area contributed by atoms with E-state index >= 15 is 0 Å². The highest BCUT2D eigenvalue weighted by atomic mass is 32.2. The summed E-state index contributed by atoms with van der Waals surface area (Å²) in [6.07, 6.45) is 5.66. The number of likely N-dealkylation sites (N-methyl/N-ethyl adjacent to an activating group) is 1. The van der Waals surface area contributed by atoms with Crippen molar-refractivity contribution in [3.8, 4) is 0 Å². The van der Waals surface area contributed by atoms with Gasteiger partial charge in [-0.2, -0.15) is 0 Å². The summed E-state index contributed by atoms with van der Waals surface area (Å²) in [6.45, 7) is 2.53. The molecular formula is C22H30N4O2S. The van der Waals surface area contributed by atoms with Gasteiger partial charge in [0.15, 0.2) is 0 Å². The molecule has 3 aliphatic rings. The van der Waals surface area contributed by atoms with Gasteiger partial charge in [-0.25, -0.2) is 0 Å². The van der Waals surface area contributed by atoms with E-state index in [1.807, 2.05) is 37.3 Å². The second-order valence-corrected chi connectivity index (χ2v) is 9.13. The van der Waals surface area contributed by atoms with E-state index in [2.05, 4.69) is 16.0 Å². The number of nitrogens with zero attached hydrogens (tertiary/aromatic N) is 1. The third-order valence-electron chi connectivity index (χ3n) is 6.05. The van der Waals surface area contributed by atoms with Crippen LogP contribution in [0.2, 0.25) is 0 Å². The van der Waals surface area contributed by atoms with Gasteiger partial charge in [0.25, 0.3) is 5.91 Å². The summed E-state index contributed by atoms with van der Waals surface area (Å²) in [6, 6.07) is 10.3. The molecule has 6 nitrogen and oxygen atoms in total. The van der Waals surface area contributed by atoms with Crippen LogP contribution in [0.5, 0.6) is 0 Å². The normalized spacial score (nSPS) is 28.4. The Morgan fingerprint density at radius 2 is 1.90 bits per heavy atom. The van der Waals surface area contributed by atoms with Crippen LogP contribution in [0.4, 0.5) is 5.69 Å². The number of thioether (sulfide) groups is 1. The van der Waals surface area contributed by atoms with Gasteiger partial charge in [-0.05, 0) is 31.9 Å². The van der Waals surface area contributed by atoms with Crippen LogP contribution < -0.4 is 16.0 Å². The van der Waals surface area contributed by atoms with Crippen molar-refractivity contribution in [3.63, 3.8) is 0 Å². The SMILES string of the molecule is CCN1C(=O)C2C(Nc3ccccc3)C2S/C1=C(/NC)C(=O)NC1CCCCC1. The predicted molar refractivity (Wildman–Crippen MR) is 117 cm³/mol. The van der Waals surface area contributed by atoms with Crippen LogP contribution in [0.3, 0.4) is 0 Å². The fourth-order valence-corrected chi connectivity index (χ4v) is 6.05. The minimum atomic E-state index is -0.0974. The standard InChI is InChI=1S/C22H30N4O2S/c1-3-26-21(28)16-17(24-14-10-6-4-7-11-14)19(16)29-22(26)18(23-2)20(27)25-15-12-8-5-9-13-15/h4,6-7,10-11,15-17,19,23-24H,3,5,8-9,12-13H2,1-2H3,(H,25,27)/b22-18+. The van der Waals surface area contributed by atoms with Crippen LogP contribution in [0, 0.1) is 5.92 Å². The number of hydrogen-bond acceptors (Lipinski definition) is 5. The Labute approximate surface area is 176 Å². The number of rotatable bonds is 6. The van der Waals surface area contributed by atoms with Crippen LogP contribution in [-0.4, -0.2) is 47.6 Å². The van der Waals surface area contributed by atoms with Crippen LogP contribution in [0.1, 0.15) is 39.0 Å². The first-order valence-electron chi connectivity index (χ1n) is 10.7. The molecule has 3 N–H and O–H groups in total. The number of anilines is 1. The number of carbonyl (C=O) groups is 2. The number of hydrogen-bond donors (Lipinski definition) is 3. The maximum Gasteiger partial charge on any atom is 0.270 e. The summed E-state index contributed by atoms with van der Waals surface area (Å²) >= 11 is 1.65. The summed E-state index contributed by atoms with van der Waals surface area (Å²) < 4.78 is 0. The lowest BCUT2D eigenvalue weighted by Gasteiger charge is -2.30.